The minimum Gasteiger partial charge on any atom is -0.445 e. The van der Waals surface area contributed by atoms with Gasteiger partial charge in [0.2, 0.25) is 17.7 Å². The van der Waals surface area contributed by atoms with Crippen molar-refractivity contribution in [3.8, 4) is 0 Å². The van der Waals surface area contributed by atoms with E-state index >= 15 is 0 Å². The summed E-state index contributed by atoms with van der Waals surface area (Å²) in [4.78, 5) is 52.9. The van der Waals surface area contributed by atoms with Gasteiger partial charge in [0.15, 0.2) is 0 Å². The summed E-state index contributed by atoms with van der Waals surface area (Å²) in [6.07, 6.45) is -2.61. The number of aliphatic hydroxyl groups excluding tert-OH is 2. The monoisotopic (exact) mass is 763 g/mol. The first-order chi connectivity index (χ1) is 26.8. The van der Waals surface area contributed by atoms with Crippen LogP contribution in [-0.4, -0.2) is 64.4 Å². The lowest BCUT2D eigenvalue weighted by molar-refractivity contribution is -0.131. The van der Waals surface area contributed by atoms with E-state index in [1.165, 1.54) is 6.92 Å². The van der Waals surface area contributed by atoms with Gasteiger partial charge in [-0.15, -0.1) is 0 Å². The molecule has 12 nitrogen and oxygen atoms in total. The molecule has 0 radical (unpaired) electrons. The van der Waals surface area contributed by atoms with Crippen LogP contribution in [0.25, 0.3) is 0 Å². The molecule has 0 saturated carbocycles. The molecule has 1 aliphatic carbocycles. The summed E-state index contributed by atoms with van der Waals surface area (Å²) in [5.41, 5.74) is 4.23. The Morgan fingerprint density at radius 3 is 1.96 bits per heavy atom. The third kappa shape index (κ3) is 11.7. The predicted octanol–water partition coefficient (Wildman–Crippen LogP) is 3.98. The Bertz CT molecular complexity index is 1920. The molecule has 0 aliphatic heterocycles. The molecule has 6 atom stereocenters. The van der Waals surface area contributed by atoms with E-state index in [2.05, 4.69) is 26.6 Å². The zero-order valence-electron chi connectivity index (χ0n) is 32.3. The second-order valence-electron chi connectivity index (χ2n) is 15.3. The van der Waals surface area contributed by atoms with Gasteiger partial charge in [-0.25, -0.2) is 4.79 Å². The minimum absolute atomic E-state index is 0.0150. The summed E-state index contributed by atoms with van der Waals surface area (Å²) in [7, 11) is 0. The van der Waals surface area contributed by atoms with Gasteiger partial charge in [-0.1, -0.05) is 130 Å². The van der Waals surface area contributed by atoms with Crippen LogP contribution in [0.3, 0.4) is 0 Å². The zero-order valence-corrected chi connectivity index (χ0v) is 32.3. The Morgan fingerprint density at radius 2 is 1.34 bits per heavy atom. The van der Waals surface area contributed by atoms with Gasteiger partial charge in [-0.2, -0.15) is 0 Å². The van der Waals surface area contributed by atoms with Crippen molar-refractivity contribution < 1.29 is 34.1 Å². The van der Waals surface area contributed by atoms with Gasteiger partial charge in [0, 0.05) is 26.4 Å². The van der Waals surface area contributed by atoms with Gasteiger partial charge in [0.05, 0.1) is 24.3 Å². The van der Waals surface area contributed by atoms with Crippen LogP contribution in [0, 0.1) is 5.41 Å². The standard InChI is InChI=1S/C44H53N5O7/c1-28(50)45-25-30-19-21-31(22-20-30)26-46-38(41(53)48-37-34-18-12-11-17-33(34)24-36(37)51)39(52)35(23-29-13-7-5-8-14-29)47-42(54)40(44(2,3)4)49-43(55)56-27-32-15-9-6-10-16-32/h5-22,35-40,46,51-52H,23-27H2,1-4H3,(H,45,50)(H,47,54)(H,48,53)(H,49,55)/t35-,36?,37-,38+,39+,40+/m0/s1. The summed E-state index contributed by atoms with van der Waals surface area (Å²) >= 11 is 0. The fourth-order valence-corrected chi connectivity index (χ4v) is 6.77. The third-order valence-corrected chi connectivity index (χ3v) is 9.86. The largest absolute Gasteiger partial charge is 0.445 e. The molecule has 0 fully saturated rings. The number of carbonyl (C=O) groups is 4. The summed E-state index contributed by atoms with van der Waals surface area (Å²) in [6.45, 7) is 7.43. The van der Waals surface area contributed by atoms with E-state index in [0.717, 1.165) is 33.4 Å². The number of benzene rings is 4. The number of rotatable bonds is 16. The van der Waals surface area contributed by atoms with Gasteiger partial charge >= 0.3 is 6.09 Å². The molecule has 56 heavy (non-hydrogen) atoms. The number of hydrogen-bond donors (Lipinski definition) is 7. The van der Waals surface area contributed by atoms with Gasteiger partial charge < -0.3 is 36.2 Å². The highest BCUT2D eigenvalue weighted by atomic mass is 16.5. The molecular formula is C44H53N5O7. The summed E-state index contributed by atoms with van der Waals surface area (Å²) in [6, 6.07) is 29.4. The van der Waals surface area contributed by atoms with E-state index in [0.29, 0.717) is 13.0 Å². The van der Waals surface area contributed by atoms with Crippen molar-refractivity contribution >= 4 is 23.8 Å². The van der Waals surface area contributed by atoms with Crippen LogP contribution in [0.2, 0.25) is 0 Å². The summed E-state index contributed by atoms with van der Waals surface area (Å²) < 4.78 is 5.44. The molecule has 0 bridgehead atoms. The average Bonchev–Trinajstić information content (AvgIpc) is 3.49. The van der Waals surface area contributed by atoms with Crippen molar-refractivity contribution in [3.63, 3.8) is 0 Å². The molecule has 12 heteroatoms. The Labute approximate surface area is 328 Å². The van der Waals surface area contributed by atoms with Crippen molar-refractivity contribution in [1.29, 1.82) is 0 Å². The van der Waals surface area contributed by atoms with Crippen LogP contribution in [0.15, 0.2) is 109 Å². The maximum Gasteiger partial charge on any atom is 0.408 e. The number of hydrogen-bond acceptors (Lipinski definition) is 8. The number of carbonyl (C=O) groups excluding carboxylic acids is 4. The third-order valence-electron chi connectivity index (χ3n) is 9.86. The molecule has 7 N–H and O–H groups in total. The van der Waals surface area contributed by atoms with E-state index in [1.54, 1.807) is 20.8 Å². The zero-order chi connectivity index (χ0) is 40.2. The van der Waals surface area contributed by atoms with Crippen LogP contribution >= 0.6 is 0 Å². The van der Waals surface area contributed by atoms with Gasteiger partial charge in [0.1, 0.15) is 18.7 Å². The van der Waals surface area contributed by atoms with E-state index < -0.39 is 59.7 Å². The fraction of sp³-hybridized carbons (Fsp3) is 0.364. The molecule has 296 valence electrons. The number of alkyl carbamates (subject to hydrolysis) is 1. The first-order valence-electron chi connectivity index (χ1n) is 18.9. The predicted molar refractivity (Wildman–Crippen MR) is 213 cm³/mol. The summed E-state index contributed by atoms with van der Waals surface area (Å²) in [5.74, 6) is -1.27. The molecule has 1 unspecified atom stereocenters. The Hall–Kier alpha value is -5.56. The number of amides is 4. The fourth-order valence-electron chi connectivity index (χ4n) is 6.77. The number of fused-ring (bicyclic) bond motifs is 1. The van der Waals surface area contributed by atoms with Crippen molar-refractivity contribution in [1.82, 2.24) is 26.6 Å². The van der Waals surface area contributed by atoms with E-state index in [4.69, 9.17) is 4.74 Å². The average molecular weight is 764 g/mol. The van der Waals surface area contributed by atoms with Crippen LogP contribution in [-0.2, 0) is 51.7 Å². The lowest BCUT2D eigenvalue weighted by Gasteiger charge is -2.35. The Kier molecular flexibility index (Phi) is 14.4. The van der Waals surface area contributed by atoms with E-state index in [1.807, 2.05) is 109 Å². The Balaban J connectivity index is 1.40. The molecule has 0 aromatic heterocycles. The molecule has 4 aromatic carbocycles. The molecule has 1 aliphatic rings. The molecular weight excluding hydrogens is 711 g/mol. The lowest BCUT2D eigenvalue weighted by atomic mass is 9.85. The highest BCUT2D eigenvalue weighted by Crippen LogP contribution is 2.31. The lowest BCUT2D eigenvalue weighted by Crippen LogP contribution is -2.62. The van der Waals surface area contributed by atoms with Crippen LogP contribution in [0.1, 0.15) is 67.1 Å². The minimum atomic E-state index is -1.49. The second kappa shape index (κ2) is 19.3. The smallest absolute Gasteiger partial charge is 0.408 e. The van der Waals surface area contributed by atoms with Gasteiger partial charge in [-0.3, -0.25) is 19.7 Å². The highest BCUT2D eigenvalue weighted by molar-refractivity contribution is 5.87. The van der Waals surface area contributed by atoms with E-state index in [-0.39, 0.29) is 25.5 Å². The number of nitrogens with one attached hydrogen (secondary N) is 5. The number of aliphatic hydroxyl groups is 2. The summed E-state index contributed by atoms with van der Waals surface area (Å²) in [5, 5.41) is 37.9. The second-order valence-corrected chi connectivity index (χ2v) is 15.3. The highest BCUT2D eigenvalue weighted by Gasteiger charge is 2.40. The maximum atomic E-state index is 14.3. The molecule has 5 rings (SSSR count). The van der Waals surface area contributed by atoms with E-state index in [9.17, 15) is 29.4 Å². The van der Waals surface area contributed by atoms with Crippen molar-refractivity contribution in [3.05, 3.63) is 143 Å². The molecule has 4 amide bonds. The molecule has 0 heterocycles. The normalized spacial score (nSPS) is 17.0. The molecule has 4 aromatic rings. The van der Waals surface area contributed by atoms with Crippen molar-refractivity contribution in [2.45, 2.75) is 96.6 Å². The van der Waals surface area contributed by atoms with Crippen LogP contribution in [0.4, 0.5) is 4.79 Å². The van der Waals surface area contributed by atoms with Gasteiger partial charge in [0.25, 0.3) is 0 Å². The van der Waals surface area contributed by atoms with Crippen molar-refractivity contribution in [2.24, 2.45) is 5.41 Å². The van der Waals surface area contributed by atoms with Crippen LogP contribution in [0.5, 0.6) is 0 Å². The van der Waals surface area contributed by atoms with Gasteiger partial charge in [-0.05, 0) is 45.2 Å². The SMILES string of the molecule is CC(=O)NCc1ccc(CN[C@@H](C(=O)N[C@H]2c3ccccc3CC2O)[C@H](O)[C@H](Cc2ccccc2)NC(=O)[C@@H](NC(=O)OCc2ccccc2)C(C)(C)C)cc1. The Morgan fingerprint density at radius 1 is 0.750 bits per heavy atom. The van der Waals surface area contributed by atoms with Crippen LogP contribution < -0.4 is 26.6 Å². The first-order valence-corrected chi connectivity index (χ1v) is 18.9. The molecule has 0 saturated heterocycles. The number of ether oxygens (including phenoxy) is 1. The quantitative estimate of drug-likeness (QED) is 0.0897. The first kappa shape index (κ1) is 41.6. The molecule has 0 spiro atoms. The maximum absolute atomic E-state index is 14.3. The van der Waals surface area contributed by atoms with Crippen molar-refractivity contribution in [2.75, 3.05) is 0 Å². The topological polar surface area (TPSA) is 178 Å².